The Hall–Kier alpha value is -1.67. The fourth-order valence-corrected chi connectivity index (χ4v) is 3.72. The molecule has 3 heterocycles. The number of nitrogens with one attached hydrogen (secondary N) is 1. The van der Waals surface area contributed by atoms with Crippen LogP contribution >= 0.6 is 0 Å². The number of piperidine rings is 1. The summed E-state index contributed by atoms with van der Waals surface area (Å²) in [5.74, 6) is 1.77. The van der Waals surface area contributed by atoms with Crippen molar-refractivity contribution in [3.63, 3.8) is 0 Å². The molecule has 2 aliphatic rings. The van der Waals surface area contributed by atoms with E-state index in [1.165, 1.54) is 0 Å². The van der Waals surface area contributed by atoms with Gasteiger partial charge in [-0.15, -0.1) is 5.10 Å². The molecular weight excluding hydrogens is 308 g/mol. The van der Waals surface area contributed by atoms with E-state index >= 15 is 0 Å². The molecule has 1 aromatic rings. The first-order valence-electron chi connectivity index (χ1n) is 8.90. The Morgan fingerprint density at radius 3 is 2.67 bits per heavy atom. The van der Waals surface area contributed by atoms with E-state index in [2.05, 4.69) is 27.0 Å². The second-order valence-corrected chi connectivity index (χ2v) is 6.75. The minimum atomic E-state index is 0.197. The van der Waals surface area contributed by atoms with Crippen LogP contribution in [0.5, 0.6) is 0 Å². The van der Waals surface area contributed by atoms with Crippen molar-refractivity contribution in [1.29, 1.82) is 0 Å². The molecule has 0 bridgehead atoms. The number of aromatic nitrogens is 3. The number of rotatable bonds is 5. The maximum absolute atomic E-state index is 12.4. The van der Waals surface area contributed by atoms with Gasteiger partial charge in [-0.3, -0.25) is 14.8 Å². The van der Waals surface area contributed by atoms with Crippen molar-refractivity contribution >= 4 is 11.9 Å². The van der Waals surface area contributed by atoms with Gasteiger partial charge in [-0.1, -0.05) is 0 Å². The van der Waals surface area contributed by atoms with Gasteiger partial charge in [0.15, 0.2) is 0 Å². The number of hydrogen-bond donors (Lipinski definition) is 2. The number of nitrogen functional groups attached to an aromatic ring is 1. The number of nitrogens with two attached hydrogens (primary N) is 1. The maximum Gasteiger partial charge on any atom is 0.239 e. The Morgan fingerprint density at radius 2 is 2.04 bits per heavy atom. The third-order valence-corrected chi connectivity index (χ3v) is 5.32. The van der Waals surface area contributed by atoms with Crippen LogP contribution in [0.4, 0.5) is 5.95 Å². The van der Waals surface area contributed by atoms with Crippen molar-refractivity contribution in [2.24, 2.45) is 5.92 Å². The van der Waals surface area contributed by atoms with E-state index in [1.54, 1.807) is 0 Å². The average Bonchev–Trinajstić information content (AvgIpc) is 3.05. The van der Waals surface area contributed by atoms with Crippen LogP contribution < -0.4 is 5.73 Å². The molecule has 0 saturated carbocycles. The van der Waals surface area contributed by atoms with E-state index in [9.17, 15) is 4.79 Å². The molecule has 1 aromatic heterocycles. The SMILES string of the molecule is CC(C1CCN(C(=O)CCc2nc(N)n[nH]2)CC1)N1CCOCC1. The highest BCUT2D eigenvalue weighted by molar-refractivity contribution is 5.76. The van der Waals surface area contributed by atoms with Gasteiger partial charge in [-0.2, -0.15) is 4.98 Å². The monoisotopic (exact) mass is 336 g/mol. The van der Waals surface area contributed by atoms with Crippen molar-refractivity contribution in [1.82, 2.24) is 25.0 Å². The van der Waals surface area contributed by atoms with Crippen molar-refractivity contribution in [3.8, 4) is 0 Å². The van der Waals surface area contributed by atoms with E-state index in [4.69, 9.17) is 10.5 Å². The van der Waals surface area contributed by atoms with E-state index in [1.807, 2.05) is 4.90 Å². The zero-order chi connectivity index (χ0) is 16.9. The molecule has 3 N–H and O–H groups in total. The van der Waals surface area contributed by atoms with E-state index < -0.39 is 0 Å². The molecule has 0 aliphatic carbocycles. The minimum absolute atomic E-state index is 0.197. The number of carbonyl (C=O) groups is 1. The summed E-state index contributed by atoms with van der Waals surface area (Å²) in [7, 11) is 0. The quantitative estimate of drug-likeness (QED) is 0.801. The molecule has 8 nitrogen and oxygen atoms in total. The van der Waals surface area contributed by atoms with Gasteiger partial charge in [0.1, 0.15) is 5.82 Å². The lowest BCUT2D eigenvalue weighted by Crippen LogP contribution is -2.49. The normalized spacial score (nSPS) is 21.8. The second kappa shape index (κ2) is 7.94. The van der Waals surface area contributed by atoms with Crippen LogP contribution in [-0.2, 0) is 16.0 Å². The molecule has 24 heavy (non-hydrogen) atoms. The first-order valence-corrected chi connectivity index (χ1v) is 8.90. The molecular formula is C16H28N6O2. The molecule has 0 aromatic carbocycles. The smallest absolute Gasteiger partial charge is 0.239 e. The number of aromatic amines is 1. The first kappa shape index (κ1) is 17.2. The summed E-state index contributed by atoms with van der Waals surface area (Å²) in [6.07, 6.45) is 3.19. The summed E-state index contributed by atoms with van der Waals surface area (Å²) in [4.78, 5) is 20.9. The highest BCUT2D eigenvalue weighted by Crippen LogP contribution is 2.25. The number of hydrogen-bond acceptors (Lipinski definition) is 6. The van der Waals surface area contributed by atoms with Crippen molar-refractivity contribution in [3.05, 3.63) is 5.82 Å². The number of ether oxygens (including phenoxy) is 1. The third kappa shape index (κ3) is 4.24. The Balaban J connectivity index is 1.41. The van der Waals surface area contributed by atoms with Gasteiger partial charge in [0, 0.05) is 45.1 Å². The largest absolute Gasteiger partial charge is 0.379 e. The number of H-pyrrole nitrogens is 1. The summed E-state index contributed by atoms with van der Waals surface area (Å²) in [6, 6.07) is 0.573. The number of morpholine rings is 1. The van der Waals surface area contributed by atoms with E-state index in [0.717, 1.165) is 52.2 Å². The summed E-state index contributed by atoms with van der Waals surface area (Å²) in [6.45, 7) is 7.78. The lowest BCUT2D eigenvalue weighted by molar-refractivity contribution is -0.133. The standard InChI is InChI=1S/C16H28N6O2/c1-12(21-8-10-24-11-9-21)13-4-6-22(7-5-13)15(23)3-2-14-18-16(17)20-19-14/h12-13H,2-11H2,1H3,(H3,17,18,19,20). The fraction of sp³-hybridized carbons (Fsp3) is 0.812. The lowest BCUT2D eigenvalue weighted by atomic mass is 9.89. The molecule has 8 heteroatoms. The topological polar surface area (TPSA) is 100 Å². The van der Waals surface area contributed by atoms with Gasteiger partial charge in [0.2, 0.25) is 11.9 Å². The average molecular weight is 336 g/mol. The first-order chi connectivity index (χ1) is 11.6. The number of carbonyl (C=O) groups excluding carboxylic acids is 1. The Kier molecular flexibility index (Phi) is 5.68. The van der Waals surface area contributed by atoms with Gasteiger partial charge in [0.05, 0.1) is 13.2 Å². The Morgan fingerprint density at radius 1 is 1.33 bits per heavy atom. The van der Waals surface area contributed by atoms with E-state index in [-0.39, 0.29) is 11.9 Å². The van der Waals surface area contributed by atoms with Crippen LogP contribution in [0.2, 0.25) is 0 Å². The molecule has 1 amide bonds. The molecule has 134 valence electrons. The summed E-state index contributed by atoms with van der Waals surface area (Å²) in [5.41, 5.74) is 5.47. The van der Waals surface area contributed by atoms with Gasteiger partial charge in [-0.05, 0) is 25.7 Å². The highest BCUT2D eigenvalue weighted by atomic mass is 16.5. The molecule has 1 unspecified atom stereocenters. The molecule has 1 atom stereocenters. The zero-order valence-electron chi connectivity index (χ0n) is 14.4. The van der Waals surface area contributed by atoms with Gasteiger partial charge in [-0.25, -0.2) is 0 Å². The Bertz CT molecular complexity index is 534. The van der Waals surface area contributed by atoms with Crippen LogP contribution in [0, 0.1) is 5.92 Å². The van der Waals surface area contributed by atoms with Crippen LogP contribution in [-0.4, -0.2) is 76.3 Å². The van der Waals surface area contributed by atoms with Crippen molar-refractivity contribution in [2.75, 3.05) is 45.1 Å². The fourth-order valence-electron chi connectivity index (χ4n) is 3.72. The molecule has 2 saturated heterocycles. The van der Waals surface area contributed by atoms with Crippen LogP contribution in [0.15, 0.2) is 0 Å². The molecule has 2 aliphatic heterocycles. The van der Waals surface area contributed by atoms with Crippen molar-refractivity contribution < 1.29 is 9.53 Å². The third-order valence-electron chi connectivity index (χ3n) is 5.32. The summed E-state index contributed by atoms with van der Waals surface area (Å²) < 4.78 is 5.44. The van der Waals surface area contributed by atoms with Gasteiger partial charge in [0.25, 0.3) is 0 Å². The maximum atomic E-state index is 12.4. The second-order valence-electron chi connectivity index (χ2n) is 6.75. The van der Waals surface area contributed by atoms with Crippen LogP contribution in [0.1, 0.15) is 32.0 Å². The van der Waals surface area contributed by atoms with E-state index in [0.29, 0.717) is 30.6 Å². The molecule has 2 fully saturated rings. The number of aryl methyl sites for hydroxylation is 1. The lowest BCUT2D eigenvalue weighted by Gasteiger charge is -2.41. The highest BCUT2D eigenvalue weighted by Gasteiger charge is 2.29. The van der Waals surface area contributed by atoms with Gasteiger partial charge >= 0.3 is 0 Å². The Labute approximate surface area is 142 Å². The van der Waals surface area contributed by atoms with Crippen LogP contribution in [0.25, 0.3) is 0 Å². The predicted octanol–water partition coefficient (Wildman–Crippen LogP) is 0.279. The summed E-state index contributed by atoms with van der Waals surface area (Å²) in [5, 5.41) is 6.53. The van der Waals surface area contributed by atoms with Gasteiger partial charge < -0.3 is 15.4 Å². The summed E-state index contributed by atoms with van der Waals surface area (Å²) >= 11 is 0. The number of likely N-dealkylation sites (tertiary alicyclic amines) is 1. The van der Waals surface area contributed by atoms with Crippen molar-refractivity contribution in [2.45, 2.75) is 38.6 Å². The molecule has 0 radical (unpaired) electrons. The number of nitrogens with zero attached hydrogens (tertiary/aromatic N) is 4. The number of amides is 1. The molecule has 0 spiro atoms. The molecule has 3 rings (SSSR count). The predicted molar refractivity (Wildman–Crippen MR) is 90.3 cm³/mol. The van der Waals surface area contributed by atoms with Crippen LogP contribution in [0.3, 0.4) is 0 Å². The zero-order valence-corrected chi connectivity index (χ0v) is 14.4. The number of anilines is 1. The minimum Gasteiger partial charge on any atom is -0.379 e.